The molecule has 1 aromatic rings. The lowest BCUT2D eigenvalue weighted by Crippen LogP contribution is -2.44. The van der Waals surface area contributed by atoms with E-state index in [1.807, 2.05) is 0 Å². The highest BCUT2D eigenvalue weighted by atomic mass is 19.4. The molecule has 1 saturated carbocycles. The van der Waals surface area contributed by atoms with Crippen molar-refractivity contribution in [1.82, 2.24) is 10.6 Å². The van der Waals surface area contributed by atoms with Crippen molar-refractivity contribution in [2.75, 3.05) is 0 Å². The number of nitrogens with one attached hydrogen (secondary N) is 2. The monoisotopic (exact) mass is 374 g/mol. The minimum absolute atomic E-state index is 0.0830. The van der Waals surface area contributed by atoms with E-state index >= 15 is 0 Å². The van der Waals surface area contributed by atoms with Gasteiger partial charge >= 0.3 is 18.4 Å². The number of carbonyl (C=O) groups excluding carboxylic acids is 1. The summed E-state index contributed by atoms with van der Waals surface area (Å²) < 4.78 is 40.2. The summed E-state index contributed by atoms with van der Waals surface area (Å²) in [5.41, 5.74) is 0.629. The second kappa shape index (κ2) is 8.29. The van der Waals surface area contributed by atoms with Crippen LogP contribution >= 0.6 is 0 Å². The maximum atomic E-state index is 12.1. The molecule has 6 nitrogen and oxygen atoms in total. The zero-order valence-electron chi connectivity index (χ0n) is 14.2. The van der Waals surface area contributed by atoms with E-state index < -0.39 is 24.4 Å². The Hall–Kier alpha value is -2.45. The number of benzene rings is 1. The Morgan fingerprint density at radius 3 is 2.23 bits per heavy atom. The molecule has 0 heterocycles. The molecule has 0 aromatic heterocycles. The predicted octanol–water partition coefficient (Wildman–Crippen LogP) is 3.59. The van der Waals surface area contributed by atoms with Gasteiger partial charge in [-0.2, -0.15) is 0 Å². The first-order chi connectivity index (χ1) is 12.1. The standard InChI is InChI=1S/C17H21F3N2O4/c1-10(11-4-8-14(9-5-11)26-17(18,19)20)21-16(25)22-13-6-2-12(3-7-13)15(23)24/h4-5,8-10,12-13H,2-3,6-7H2,1H3,(H,23,24)(H2,21,22,25)/t10-,12?,13?/m0/s1. The van der Waals surface area contributed by atoms with E-state index in [1.165, 1.54) is 24.3 Å². The van der Waals surface area contributed by atoms with Crippen LogP contribution in [0.15, 0.2) is 24.3 Å². The number of carboxylic acids is 1. The van der Waals surface area contributed by atoms with Crippen LogP contribution in [0.3, 0.4) is 0 Å². The van der Waals surface area contributed by atoms with E-state index in [1.54, 1.807) is 6.92 Å². The van der Waals surface area contributed by atoms with Crippen LogP contribution in [0, 0.1) is 5.92 Å². The molecular weight excluding hydrogens is 353 g/mol. The molecular formula is C17H21F3N2O4. The van der Waals surface area contributed by atoms with Gasteiger partial charge in [0.25, 0.3) is 0 Å². The summed E-state index contributed by atoms with van der Waals surface area (Å²) in [4.78, 5) is 23.0. The molecule has 144 valence electrons. The molecule has 2 rings (SSSR count). The van der Waals surface area contributed by atoms with Gasteiger partial charge in [-0.05, 0) is 50.3 Å². The van der Waals surface area contributed by atoms with Crippen molar-refractivity contribution < 1.29 is 32.6 Å². The molecule has 0 saturated heterocycles. The second-order valence-electron chi connectivity index (χ2n) is 6.34. The summed E-state index contributed by atoms with van der Waals surface area (Å²) >= 11 is 0. The third-order valence-electron chi connectivity index (χ3n) is 4.37. The Bertz CT molecular complexity index is 626. The Morgan fingerprint density at radius 2 is 1.73 bits per heavy atom. The van der Waals surface area contributed by atoms with Gasteiger partial charge in [0.1, 0.15) is 5.75 Å². The fraction of sp³-hybridized carbons (Fsp3) is 0.529. The first-order valence-electron chi connectivity index (χ1n) is 8.29. The Balaban J connectivity index is 1.81. The molecule has 0 aliphatic heterocycles. The van der Waals surface area contributed by atoms with Gasteiger partial charge in [-0.1, -0.05) is 12.1 Å². The first kappa shape index (κ1) is 19.9. The van der Waals surface area contributed by atoms with E-state index in [2.05, 4.69) is 15.4 Å². The average Bonchev–Trinajstić information content (AvgIpc) is 2.54. The Kier molecular flexibility index (Phi) is 6.33. The van der Waals surface area contributed by atoms with E-state index in [4.69, 9.17) is 5.11 Å². The highest BCUT2D eigenvalue weighted by molar-refractivity contribution is 5.75. The number of urea groups is 1. The normalized spacial score (nSPS) is 21.5. The van der Waals surface area contributed by atoms with Crippen LogP contribution in [0.5, 0.6) is 5.75 Å². The van der Waals surface area contributed by atoms with Crippen LogP contribution in [0.4, 0.5) is 18.0 Å². The number of hydrogen-bond acceptors (Lipinski definition) is 3. The van der Waals surface area contributed by atoms with Crippen molar-refractivity contribution in [1.29, 1.82) is 0 Å². The topological polar surface area (TPSA) is 87.7 Å². The number of aliphatic carboxylic acids is 1. The molecule has 2 amide bonds. The fourth-order valence-corrected chi connectivity index (χ4v) is 2.95. The maximum absolute atomic E-state index is 12.1. The fourth-order valence-electron chi connectivity index (χ4n) is 2.95. The second-order valence-corrected chi connectivity index (χ2v) is 6.34. The summed E-state index contributed by atoms with van der Waals surface area (Å²) in [5, 5.41) is 14.5. The summed E-state index contributed by atoms with van der Waals surface area (Å²) in [6, 6.07) is 4.38. The van der Waals surface area contributed by atoms with Crippen molar-refractivity contribution >= 4 is 12.0 Å². The number of carboxylic acid groups (broad SMARTS) is 1. The quantitative estimate of drug-likeness (QED) is 0.735. The summed E-state index contributed by atoms with van der Waals surface area (Å²) in [6.07, 6.45) is -2.50. The summed E-state index contributed by atoms with van der Waals surface area (Å²) in [5.74, 6) is -1.49. The number of carbonyl (C=O) groups is 2. The molecule has 1 atom stereocenters. The zero-order chi connectivity index (χ0) is 19.3. The van der Waals surface area contributed by atoms with Crippen molar-refractivity contribution in [2.24, 2.45) is 5.92 Å². The van der Waals surface area contributed by atoms with E-state index in [0.717, 1.165) is 0 Å². The van der Waals surface area contributed by atoms with Crippen molar-refractivity contribution in [2.45, 2.75) is 51.1 Å². The zero-order valence-corrected chi connectivity index (χ0v) is 14.2. The van der Waals surface area contributed by atoms with Gasteiger partial charge in [-0.15, -0.1) is 13.2 Å². The molecule has 3 N–H and O–H groups in total. The van der Waals surface area contributed by atoms with Gasteiger partial charge in [-0.25, -0.2) is 4.79 Å². The third kappa shape index (κ3) is 6.12. The van der Waals surface area contributed by atoms with Gasteiger partial charge in [0.15, 0.2) is 0 Å². The highest BCUT2D eigenvalue weighted by Gasteiger charge is 2.31. The number of alkyl halides is 3. The van der Waals surface area contributed by atoms with Gasteiger partial charge < -0.3 is 20.5 Å². The molecule has 26 heavy (non-hydrogen) atoms. The van der Waals surface area contributed by atoms with Crippen LogP contribution in [-0.4, -0.2) is 29.5 Å². The first-order valence-corrected chi connectivity index (χ1v) is 8.29. The lowest BCUT2D eigenvalue weighted by atomic mass is 9.86. The molecule has 0 radical (unpaired) electrons. The summed E-state index contributed by atoms with van der Waals surface area (Å²) in [7, 11) is 0. The molecule has 0 bridgehead atoms. The largest absolute Gasteiger partial charge is 0.573 e. The van der Waals surface area contributed by atoms with E-state index in [0.29, 0.717) is 31.2 Å². The Morgan fingerprint density at radius 1 is 1.15 bits per heavy atom. The Labute approximate surface area is 148 Å². The molecule has 0 unspecified atom stereocenters. The highest BCUT2D eigenvalue weighted by Crippen LogP contribution is 2.25. The molecule has 1 aromatic carbocycles. The molecule has 9 heteroatoms. The average molecular weight is 374 g/mol. The van der Waals surface area contributed by atoms with Gasteiger partial charge in [0.2, 0.25) is 0 Å². The van der Waals surface area contributed by atoms with E-state index in [9.17, 15) is 22.8 Å². The van der Waals surface area contributed by atoms with Gasteiger partial charge in [0.05, 0.1) is 12.0 Å². The van der Waals surface area contributed by atoms with Gasteiger partial charge in [-0.3, -0.25) is 4.79 Å². The number of amides is 2. The number of halogens is 3. The predicted molar refractivity (Wildman–Crippen MR) is 86.6 cm³/mol. The lowest BCUT2D eigenvalue weighted by molar-refractivity contribution is -0.274. The molecule has 0 spiro atoms. The minimum Gasteiger partial charge on any atom is -0.481 e. The summed E-state index contributed by atoms with van der Waals surface area (Å²) in [6.45, 7) is 1.71. The minimum atomic E-state index is -4.75. The van der Waals surface area contributed by atoms with Crippen LogP contribution in [0.25, 0.3) is 0 Å². The smallest absolute Gasteiger partial charge is 0.481 e. The van der Waals surface area contributed by atoms with Crippen molar-refractivity contribution in [3.8, 4) is 5.75 Å². The lowest BCUT2D eigenvalue weighted by Gasteiger charge is -2.27. The number of ether oxygens (including phenoxy) is 1. The SMILES string of the molecule is C[C@H](NC(=O)NC1CCC(C(=O)O)CC1)c1ccc(OC(F)(F)F)cc1. The molecule has 1 aliphatic rings. The molecule has 1 aliphatic carbocycles. The molecule has 1 fully saturated rings. The number of hydrogen-bond donors (Lipinski definition) is 3. The van der Waals surface area contributed by atoms with Crippen LogP contribution < -0.4 is 15.4 Å². The van der Waals surface area contributed by atoms with Crippen molar-refractivity contribution in [3.05, 3.63) is 29.8 Å². The van der Waals surface area contributed by atoms with Crippen molar-refractivity contribution in [3.63, 3.8) is 0 Å². The van der Waals surface area contributed by atoms with Crippen LogP contribution in [0.2, 0.25) is 0 Å². The van der Waals surface area contributed by atoms with Gasteiger partial charge in [0, 0.05) is 6.04 Å². The van der Waals surface area contributed by atoms with E-state index in [-0.39, 0.29) is 17.7 Å². The van der Waals surface area contributed by atoms with Crippen LogP contribution in [0.1, 0.15) is 44.2 Å². The number of rotatable bonds is 5. The van der Waals surface area contributed by atoms with Crippen LogP contribution in [-0.2, 0) is 4.79 Å². The maximum Gasteiger partial charge on any atom is 0.573 e. The third-order valence-corrected chi connectivity index (χ3v) is 4.37.